The van der Waals surface area contributed by atoms with Crippen LogP contribution in [0.5, 0.6) is 5.75 Å². The number of halogens is 1. The molecule has 1 heterocycles. The highest BCUT2D eigenvalue weighted by Crippen LogP contribution is 2.27. The standard InChI is InChI=1S/C22H24ClN3O4/c1-2-10-24-22(29)15-11-21(28)26(13-15)18-6-8-19(9-7-18)30-14-20(27)25-17-5-3-4-16(23)12-17/h3-9,12,15H,2,10-11,13-14H2,1H3,(H,24,29)(H,25,27)/t15-/m0/s1. The zero-order valence-electron chi connectivity index (χ0n) is 16.7. The molecule has 0 aromatic heterocycles. The van der Waals surface area contributed by atoms with Gasteiger partial charge in [-0.3, -0.25) is 14.4 Å². The Hall–Kier alpha value is -3.06. The summed E-state index contributed by atoms with van der Waals surface area (Å²) in [5.74, 6) is -0.310. The predicted octanol–water partition coefficient (Wildman–Crippen LogP) is 3.24. The van der Waals surface area contributed by atoms with Crippen LogP contribution in [0.15, 0.2) is 48.5 Å². The fourth-order valence-corrected chi connectivity index (χ4v) is 3.35. The van der Waals surface area contributed by atoms with E-state index < -0.39 is 0 Å². The van der Waals surface area contributed by atoms with Crippen LogP contribution < -0.4 is 20.3 Å². The maximum atomic E-state index is 12.3. The molecule has 1 atom stereocenters. The van der Waals surface area contributed by atoms with E-state index in [1.54, 1.807) is 53.4 Å². The zero-order chi connectivity index (χ0) is 21.5. The van der Waals surface area contributed by atoms with Crippen molar-refractivity contribution >= 4 is 40.7 Å². The molecule has 3 rings (SSSR count). The Balaban J connectivity index is 1.51. The van der Waals surface area contributed by atoms with Gasteiger partial charge in [-0.25, -0.2) is 0 Å². The minimum Gasteiger partial charge on any atom is -0.484 e. The molecule has 1 saturated heterocycles. The first-order valence-electron chi connectivity index (χ1n) is 9.82. The van der Waals surface area contributed by atoms with E-state index >= 15 is 0 Å². The van der Waals surface area contributed by atoms with Gasteiger partial charge in [0.15, 0.2) is 6.61 Å². The minimum absolute atomic E-state index is 0.0822. The number of anilines is 2. The second kappa shape index (κ2) is 10.1. The molecule has 1 fully saturated rings. The van der Waals surface area contributed by atoms with Gasteiger partial charge in [0.1, 0.15) is 5.75 Å². The molecule has 0 saturated carbocycles. The summed E-state index contributed by atoms with van der Waals surface area (Å²) in [4.78, 5) is 38.1. The largest absolute Gasteiger partial charge is 0.484 e. The topological polar surface area (TPSA) is 87.7 Å². The van der Waals surface area contributed by atoms with Crippen LogP contribution in [0, 0.1) is 5.92 Å². The smallest absolute Gasteiger partial charge is 0.262 e. The van der Waals surface area contributed by atoms with Crippen LogP contribution in [-0.4, -0.2) is 37.4 Å². The van der Waals surface area contributed by atoms with E-state index in [-0.39, 0.29) is 36.7 Å². The first-order valence-corrected chi connectivity index (χ1v) is 10.2. The SMILES string of the molecule is CCCNC(=O)[C@H]1CC(=O)N(c2ccc(OCC(=O)Nc3cccc(Cl)c3)cc2)C1. The minimum atomic E-state index is -0.338. The number of nitrogens with one attached hydrogen (secondary N) is 2. The highest BCUT2D eigenvalue weighted by atomic mass is 35.5. The summed E-state index contributed by atoms with van der Waals surface area (Å²) >= 11 is 5.90. The van der Waals surface area contributed by atoms with Gasteiger partial charge in [-0.1, -0.05) is 24.6 Å². The third kappa shape index (κ3) is 5.73. The third-order valence-corrected chi connectivity index (χ3v) is 4.91. The van der Waals surface area contributed by atoms with Gasteiger partial charge < -0.3 is 20.3 Å². The quantitative estimate of drug-likeness (QED) is 0.674. The monoisotopic (exact) mass is 429 g/mol. The number of rotatable bonds is 8. The molecule has 1 aliphatic heterocycles. The normalized spacial score (nSPS) is 15.7. The van der Waals surface area contributed by atoms with E-state index in [2.05, 4.69) is 10.6 Å². The molecule has 30 heavy (non-hydrogen) atoms. The van der Waals surface area contributed by atoms with E-state index in [1.165, 1.54) is 0 Å². The number of nitrogens with zero attached hydrogens (tertiary/aromatic N) is 1. The molecular weight excluding hydrogens is 406 g/mol. The maximum Gasteiger partial charge on any atom is 0.262 e. The molecular formula is C22H24ClN3O4. The number of carbonyl (C=O) groups is 3. The Bertz CT molecular complexity index is 917. The summed E-state index contributed by atoms with van der Waals surface area (Å²) < 4.78 is 5.51. The summed E-state index contributed by atoms with van der Waals surface area (Å²) in [6.07, 6.45) is 1.06. The van der Waals surface area contributed by atoms with E-state index in [0.717, 1.165) is 6.42 Å². The Morgan fingerprint density at radius 1 is 1.20 bits per heavy atom. The Morgan fingerprint density at radius 2 is 1.97 bits per heavy atom. The Labute approximate surface area is 180 Å². The number of hydrogen-bond acceptors (Lipinski definition) is 4. The Morgan fingerprint density at radius 3 is 2.67 bits per heavy atom. The van der Waals surface area contributed by atoms with Crippen molar-refractivity contribution in [1.82, 2.24) is 5.32 Å². The van der Waals surface area contributed by atoms with E-state index in [9.17, 15) is 14.4 Å². The second-order valence-electron chi connectivity index (χ2n) is 7.04. The fraction of sp³-hybridized carbons (Fsp3) is 0.318. The van der Waals surface area contributed by atoms with Gasteiger partial charge in [0.2, 0.25) is 11.8 Å². The molecule has 0 unspecified atom stereocenters. The van der Waals surface area contributed by atoms with Gasteiger partial charge in [0.05, 0.1) is 5.92 Å². The number of hydrogen-bond donors (Lipinski definition) is 2. The number of benzene rings is 2. The van der Waals surface area contributed by atoms with Gasteiger partial charge >= 0.3 is 0 Å². The first-order chi connectivity index (χ1) is 14.5. The van der Waals surface area contributed by atoms with Crippen molar-refractivity contribution in [2.75, 3.05) is 29.9 Å². The van der Waals surface area contributed by atoms with Crippen LogP contribution in [0.25, 0.3) is 0 Å². The highest BCUT2D eigenvalue weighted by Gasteiger charge is 2.34. The van der Waals surface area contributed by atoms with Crippen molar-refractivity contribution in [3.63, 3.8) is 0 Å². The van der Waals surface area contributed by atoms with Crippen LogP contribution >= 0.6 is 11.6 Å². The molecule has 8 heteroatoms. The maximum absolute atomic E-state index is 12.3. The van der Waals surface area contributed by atoms with E-state index in [1.807, 2.05) is 6.92 Å². The van der Waals surface area contributed by atoms with Crippen LogP contribution in [0.3, 0.4) is 0 Å². The van der Waals surface area contributed by atoms with Crippen molar-refractivity contribution in [2.45, 2.75) is 19.8 Å². The predicted molar refractivity (Wildman–Crippen MR) is 116 cm³/mol. The second-order valence-corrected chi connectivity index (χ2v) is 7.47. The molecule has 2 aromatic carbocycles. The highest BCUT2D eigenvalue weighted by molar-refractivity contribution is 6.30. The molecule has 0 aliphatic carbocycles. The first kappa shape index (κ1) is 21.6. The third-order valence-electron chi connectivity index (χ3n) is 4.67. The lowest BCUT2D eigenvalue weighted by Crippen LogP contribution is -2.33. The van der Waals surface area contributed by atoms with Gasteiger partial charge in [-0.15, -0.1) is 0 Å². The average molecular weight is 430 g/mol. The van der Waals surface area contributed by atoms with E-state index in [0.29, 0.717) is 35.2 Å². The zero-order valence-corrected chi connectivity index (χ0v) is 17.4. The lowest BCUT2D eigenvalue weighted by molar-refractivity contribution is -0.126. The average Bonchev–Trinajstić information content (AvgIpc) is 3.12. The fourth-order valence-electron chi connectivity index (χ4n) is 3.16. The van der Waals surface area contributed by atoms with Gasteiger partial charge in [0, 0.05) is 35.9 Å². The molecule has 2 aromatic rings. The number of amides is 3. The Kier molecular flexibility index (Phi) is 7.30. The van der Waals surface area contributed by atoms with Crippen molar-refractivity contribution < 1.29 is 19.1 Å². The molecule has 0 radical (unpaired) electrons. The molecule has 1 aliphatic rings. The molecule has 0 spiro atoms. The number of carbonyl (C=O) groups excluding carboxylic acids is 3. The van der Waals surface area contributed by atoms with Crippen LogP contribution in [0.4, 0.5) is 11.4 Å². The molecule has 3 amide bonds. The van der Waals surface area contributed by atoms with Crippen molar-refractivity contribution in [3.05, 3.63) is 53.6 Å². The lowest BCUT2D eigenvalue weighted by Gasteiger charge is -2.17. The summed E-state index contributed by atoms with van der Waals surface area (Å²) in [6.45, 7) is 2.79. The molecule has 7 nitrogen and oxygen atoms in total. The lowest BCUT2D eigenvalue weighted by atomic mass is 10.1. The van der Waals surface area contributed by atoms with Gasteiger partial charge in [-0.2, -0.15) is 0 Å². The molecule has 158 valence electrons. The van der Waals surface area contributed by atoms with Gasteiger partial charge in [0.25, 0.3) is 5.91 Å². The summed E-state index contributed by atoms with van der Waals surface area (Å²) in [7, 11) is 0. The van der Waals surface area contributed by atoms with Crippen LogP contribution in [0.1, 0.15) is 19.8 Å². The van der Waals surface area contributed by atoms with Gasteiger partial charge in [-0.05, 0) is 48.9 Å². The van der Waals surface area contributed by atoms with Crippen molar-refractivity contribution in [3.8, 4) is 5.75 Å². The van der Waals surface area contributed by atoms with Crippen molar-refractivity contribution in [1.29, 1.82) is 0 Å². The summed E-state index contributed by atoms with van der Waals surface area (Å²) in [5.41, 5.74) is 1.29. The van der Waals surface area contributed by atoms with Crippen LogP contribution in [0.2, 0.25) is 5.02 Å². The van der Waals surface area contributed by atoms with Crippen molar-refractivity contribution in [2.24, 2.45) is 5.92 Å². The number of ether oxygens (including phenoxy) is 1. The molecule has 2 N–H and O–H groups in total. The summed E-state index contributed by atoms with van der Waals surface area (Å²) in [6, 6.07) is 13.7. The van der Waals surface area contributed by atoms with Crippen LogP contribution in [-0.2, 0) is 14.4 Å². The molecule has 0 bridgehead atoms. The summed E-state index contributed by atoms with van der Waals surface area (Å²) in [5, 5.41) is 6.08. The van der Waals surface area contributed by atoms with E-state index in [4.69, 9.17) is 16.3 Å².